The van der Waals surface area contributed by atoms with E-state index in [2.05, 4.69) is 20.8 Å². The molecule has 0 aliphatic heterocycles. The van der Waals surface area contributed by atoms with E-state index in [0.29, 0.717) is 12.0 Å². The number of rotatable bonds is 5. The molecule has 0 atom stereocenters. The van der Waals surface area contributed by atoms with Gasteiger partial charge in [-0.2, -0.15) is 0 Å². The van der Waals surface area contributed by atoms with E-state index in [1.807, 2.05) is 56.0 Å². The number of carbonyl (C=O) groups is 2. The van der Waals surface area contributed by atoms with Gasteiger partial charge in [-0.1, -0.05) is 30.0 Å². The third-order valence-corrected chi connectivity index (χ3v) is 5.19. The lowest BCUT2D eigenvalue weighted by atomic mass is 10.1. The van der Waals surface area contributed by atoms with Gasteiger partial charge in [-0.05, 0) is 38.2 Å². The van der Waals surface area contributed by atoms with E-state index in [1.54, 1.807) is 6.20 Å². The second kappa shape index (κ2) is 8.43. The van der Waals surface area contributed by atoms with Crippen LogP contribution in [0.4, 0.5) is 0 Å². The highest BCUT2D eigenvalue weighted by atomic mass is 32.2. The molecule has 7 nitrogen and oxygen atoms in total. The quantitative estimate of drug-likeness (QED) is 0.393. The maximum absolute atomic E-state index is 12.5. The number of thioether (sulfide) groups is 1. The van der Waals surface area contributed by atoms with Crippen molar-refractivity contribution in [3.05, 3.63) is 53.0 Å². The first-order valence-corrected chi connectivity index (χ1v) is 10.1. The molecular formula is C20H23N5O2S. The molecule has 2 aromatic heterocycles. The van der Waals surface area contributed by atoms with Crippen molar-refractivity contribution in [1.29, 1.82) is 0 Å². The number of hydrogen-bond donors (Lipinski definition) is 2. The molecule has 0 saturated heterocycles. The Balaban J connectivity index is 1.59. The summed E-state index contributed by atoms with van der Waals surface area (Å²) in [6.45, 7) is 3.84. The van der Waals surface area contributed by atoms with Crippen molar-refractivity contribution in [2.45, 2.75) is 31.8 Å². The molecule has 146 valence electrons. The van der Waals surface area contributed by atoms with Crippen LogP contribution >= 0.6 is 11.8 Å². The molecule has 3 rings (SSSR count). The molecule has 2 N–H and O–H groups in total. The molecule has 0 unspecified atom stereocenters. The van der Waals surface area contributed by atoms with E-state index in [1.165, 1.54) is 11.8 Å². The summed E-state index contributed by atoms with van der Waals surface area (Å²) >= 11 is 1.49. The first-order valence-electron chi connectivity index (χ1n) is 8.92. The maximum Gasteiger partial charge on any atom is 0.271 e. The van der Waals surface area contributed by atoms with Crippen LogP contribution in [0.3, 0.4) is 0 Å². The monoisotopic (exact) mass is 397 g/mol. The van der Waals surface area contributed by atoms with E-state index in [-0.39, 0.29) is 18.2 Å². The van der Waals surface area contributed by atoms with E-state index >= 15 is 0 Å². The first-order chi connectivity index (χ1) is 13.4. The second-order valence-electron chi connectivity index (χ2n) is 6.53. The average molecular weight is 398 g/mol. The van der Waals surface area contributed by atoms with Gasteiger partial charge in [0, 0.05) is 42.0 Å². The zero-order valence-corrected chi connectivity index (χ0v) is 17.2. The minimum Gasteiger partial charge on any atom is -0.350 e. The Bertz CT molecular complexity index is 1020. The van der Waals surface area contributed by atoms with E-state index in [9.17, 15) is 9.59 Å². The van der Waals surface area contributed by atoms with Crippen molar-refractivity contribution in [2.24, 2.45) is 7.05 Å². The lowest BCUT2D eigenvalue weighted by Gasteiger charge is -2.10. The van der Waals surface area contributed by atoms with Gasteiger partial charge in [0.15, 0.2) is 5.16 Å². The molecule has 0 spiro atoms. The first kappa shape index (κ1) is 19.9. The van der Waals surface area contributed by atoms with E-state index in [0.717, 1.165) is 33.0 Å². The Morgan fingerprint density at radius 2 is 1.79 bits per heavy atom. The summed E-state index contributed by atoms with van der Waals surface area (Å²) < 4.78 is 1.88. The molecule has 0 radical (unpaired) electrons. The number of amides is 2. The number of carbonyl (C=O) groups excluding carboxylic acids is 2. The molecule has 2 amide bonds. The van der Waals surface area contributed by atoms with Gasteiger partial charge in [0.25, 0.3) is 5.91 Å². The molecule has 0 bridgehead atoms. The number of hydrazine groups is 1. The number of para-hydroxylation sites is 1. The van der Waals surface area contributed by atoms with Crippen LogP contribution in [0.25, 0.3) is 10.9 Å². The number of nitrogens with zero attached hydrogens (tertiary/aromatic N) is 3. The number of fused-ring (bicyclic) bond motifs is 1. The summed E-state index contributed by atoms with van der Waals surface area (Å²) in [4.78, 5) is 33.5. The van der Waals surface area contributed by atoms with Crippen molar-refractivity contribution in [3.8, 4) is 0 Å². The fraction of sp³-hybridized carbons (Fsp3) is 0.300. The van der Waals surface area contributed by atoms with Crippen LogP contribution in [-0.4, -0.2) is 32.6 Å². The van der Waals surface area contributed by atoms with Crippen LogP contribution in [0.1, 0.15) is 33.7 Å². The van der Waals surface area contributed by atoms with Crippen LogP contribution < -0.4 is 10.9 Å². The highest BCUT2D eigenvalue weighted by molar-refractivity contribution is 7.98. The Kier molecular flexibility index (Phi) is 5.99. The molecule has 3 aromatic rings. The molecular weight excluding hydrogens is 374 g/mol. The number of nitrogens with one attached hydrogen (secondary N) is 2. The van der Waals surface area contributed by atoms with Gasteiger partial charge in [-0.3, -0.25) is 20.4 Å². The molecule has 0 aliphatic rings. The Morgan fingerprint density at radius 3 is 2.46 bits per heavy atom. The summed E-state index contributed by atoms with van der Waals surface area (Å²) in [7, 11) is 1.88. The number of aryl methyl sites for hydroxylation is 3. The van der Waals surface area contributed by atoms with Gasteiger partial charge < -0.3 is 4.57 Å². The van der Waals surface area contributed by atoms with Crippen molar-refractivity contribution in [1.82, 2.24) is 25.4 Å². The van der Waals surface area contributed by atoms with Crippen LogP contribution in [-0.2, 0) is 18.3 Å². The summed E-state index contributed by atoms with van der Waals surface area (Å²) in [6.07, 6.45) is 4.44. The third kappa shape index (κ3) is 4.17. The molecule has 1 aromatic carbocycles. The topological polar surface area (TPSA) is 88.9 Å². The second-order valence-corrected chi connectivity index (χ2v) is 7.31. The van der Waals surface area contributed by atoms with E-state index < -0.39 is 0 Å². The van der Waals surface area contributed by atoms with E-state index in [4.69, 9.17) is 0 Å². The predicted molar refractivity (Wildman–Crippen MR) is 110 cm³/mol. The summed E-state index contributed by atoms with van der Waals surface area (Å²) in [6, 6.07) is 7.63. The SMILES string of the molecule is CSc1nc(C)c(CCC(=O)NNC(=O)c2cn(C)c3ccccc23)c(C)n1. The molecule has 0 saturated carbocycles. The lowest BCUT2D eigenvalue weighted by molar-refractivity contribution is -0.121. The molecule has 8 heteroatoms. The predicted octanol–water partition coefficient (Wildman–Crippen LogP) is 2.70. The zero-order chi connectivity index (χ0) is 20.3. The Hall–Kier alpha value is -2.87. The smallest absolute Gasteiger partial charge is 0.271 e. The normalized spacial score (nSPS) is 10.9. The molecule has 0 aliphatic carbocycles. The Morgan fingerprint density at radius 1 is 1.11 bits per heavy atom. The highest BCUT2D eigenvalue weighted by Crippen LogP contribution is 2.20. The average Bonchev–Trinajstić information content (AvgIpc) is 3.02. The van der Waals surface area contributed by atoms with Gasteiger partial charge in [0.1, 0.15) is 0 Å². The largest absolute Gasteiger partial charge is 0.350 e. The minimum atomic E-state index is -0.342. The molecule has 2 heterocycles. The van der Waals surface area contributed by atoms with Crippen LogP contribution in [0, 0.1) is 13.8 Å². The summed E-state index contributed by atoms with van der Waals surface area (Å²) in [5, 5.41) is 1.57. The van der Waals surface area contributed by atoms with Crippen molar-refractivity contribution < 1.29 is 9.59 Å². The maximum atomic E-state index is 12.5. The van der Waals surface area contributed by atoms with Crippen LogP contribution in [0.5, 0.6) is 0 Å². The molecule has 28 heavy (non-hydrogen) atoms. The summed E-state index contributed by atoms with van der Waals surface area (Å²) in [5.74, 6) is -0.605. The fourth-order valence-corrected chi connectivity index (χ4v) is 3.64. The van der Waals surface area contributed by atoms with Crippen LogP contribution in [0.15, 0.2) is 35.6 Å². The van der Waals surface area contributed by atoms with Gasteiger partial charge >= 0.3 is 0 Å². The third-order valence-electron chi connectivity index (χ3n) is 4.64. The number of benzene rings is 1. The standard InChI is InChI=1S/C20H23N5O2S/c1-12-14(13(2)22-20(21-12)28-4)9-10-18(26)23-24-19(27)16-11-25(3)17-8-6-5-7-15(16)17/h5-8,11H,9-10H2,1-4H3,(H,23,26)(H,24,27). The minimum absolute atomic E-state index is 0.236. The van der Waals surface area contributed by atoms with Gasteiger partial charge in [0.05, 0.1) is 5.56 Å². The van der Waals surface area contributed by atoms with Gasteiger partial charge in [0.2, 0.25) is 5.91 Å². The van der Waals surface area contributed by atoms with Crippen molar-refractivity contribution >= 4 is 34.5 Å². The number of aromatic nitrogens is 3. The lowest BCUT2D eigenvalue weighted by Crippen LogP contribution is -2.41. The zero-order valence-electron chi connectivity index (χ0n) is 16.4. The van der Waals surface area contributed by atoms with Crippen molar-refractivity contribution in [3.63, 3.8) is 0 Å². The molecule has 0 fully saturated rings. The van der Waals surface area contributed by atoms with Crippen LogP contribution in [0.2, 0.25) is 0 Å². The van der Waals surface area contributed by atoms with Crippen molar-refractivity contribution in [2.75, 3.05) is 6.26 Å². The van der Waals surface area contributed by atoms with Gasteiger partial charge in [-0.25, -0.2) is 9.97 Å². The highest BCUT2D eigenvalue weighted by Gasteiger charge is 2.15. The number of hydrogen-bond acceptors (Lipinski definition) is 5. The summed E-state index contributed by atoms with van der Waals surface area (Å²) in [5.41, 5.74) is 9.20. The van der Waals surface area contributed by atoms with Gasteiger partial charge in [-0.15, -0.1) is 0 Å². The Labute approximate surface area is 167 Å². The fourth-order valence-electron chi connectivity index (χ4n) is 3.18.